The van der Waals surface area contributed by atoms with E-state index >= 15 is 0 Å². The number of amides is 2. The number of carbonyl (C=O) groups is 2. The molecule has 0 unspecified atom stereocenters. The molecule has 2 saturated heterocycles. The maximum absolute atomic E-state index is 12.8. The summed E-state index contributed by atoms with van der Waals surface area (Å²) in [6.45, 7) is 2.84. The van der Waals surface area contributed by atoms with E-state index in [1.807, 2.05) is 52.3 Å². The highest BCUT2D eigenvalue weighted by atomic mass is 16.5. The molecule has 2 atom stereocenters. The molecule has 0 aromatic heterocycles. The predicted octanol–water partition coefficient (Wildman–Crippen LogP) is 2.74. The van der Waals surface area contributed by atoms with Crippen LogP contribution in [0.5, 0.6) is 5.75 Å². The van der Waals surface area contributed by atoms with Gasteiger partial charge in [0.25, 0.3) is 0 Å². The van der Waals surface area contributed by atoms with Crippen molar-refractivity contribution in [2.45, 2.75) is 19.4 Å². The SMILES string of the molecule is COc1ccc(CC(=O)N2C[C@H]3CN(Cc4ccccc4)C(=O)C[C@H]3C2)cc1. The van der Waals surface area contributed by atoms with E-state index in [0.29, 0.717) is 37.8 Å². The van der Waals surface area contributed by atoms with E-state index in [9.17, 15) is 9.59 Å². The molecule has 146 valence electrons. The Morgan fingerprint density at radius 2 is 1.68 bits per heavy atom. The molecule has 2 heterocycles. The Kier molecular flexibility index (Phi) is 5.33. The van der Waals surface area contributed by atoms with Crippen LogP contribution in [0, 0.1) is 11.8 Å². The van der Waals surface area contributed by atoms with Crippen molar-refractivity contribution in [1.29, 1.82) is 0 Å². The highest BCUT2D eigenvalue weighted by molar-refractivity contribution is 5.80. The predicted molar refractivity (Wildman–Crippen MR) is 107 cm³/mol. The summed E-state index contributed by atoms with van der Waals surface area (Å²) in [4.78, 5) is 29.2. The van der Waals surface area contributed by atoms with Crippen molar-refractivity contribution in [3.8, 4) is 5.75 Å². The minimum atomic E-state index is 0.140. The van der Waals surface area contributed by atoms with Crippen molar-refractivity contribution in [3.63, 3.8) is 0 Å². The summed E-state index contributed by atoms with van der Waals surface area (Å²) in [5.74, 6) is 1.80. The maximum atomic E-state index is 12.8. The summed E-state index contributed by atoms with van der Waals surface area (Å²) >= 11 is 0. The Morgan fingerprint density at radius 3 is 2.39 bits per heavy atom. The molecule has 5 nitrogen and oxygen atoms in total. The number of nitrogens with zero attached hydrogens (tertiary/aromatic N) is 2. The molecular weight excluding hydrogens is 352 g/mol. The largest absolute Gasteiger partial charge is 0.497 e. The molecular formula is C23H26N2O3. The van der Waals surface area contributed by atoms with Gasteiger partial charge in [-0.3, -0.25) is 9.59 Å². The smallest absolute Gasteiger partial charge is 0.227 e. The van der Waals surface area contributed by atoms with Crippen LogP contribution in [-0.4, -0.2) is 48.4 Å². The van der Waals surface area contributed by atoms with Gasteiger partial charge in [0.15, 0.2) is 0 Å². The molecule has 5 heteroatoms. The monoisotopic (exact) mass is 378 g/mol. The zero-order valence-electron chi connectivity index (χ0n) is 16.2. The number of benzene rings is 2. The molecule has 0 radical (unpaired) electrons. The van der Waals surface area contributed by atoms with Crippen molar-refractivity contribution in [2.24, 2.45) is 11.8 Å². The molecule has 0 N–H and O–H groups in total. The van der Waals surface area contributed by atoms with Crippen LogP contribution < -0.4 is 4.74 Å². The number of ether oxygens (including phenoxy) is 1. The average Bonchev–Trinajstić information content (AvgIpc) is 3.12. The Labute approximate surface area is 165 Å². The molecule has 2 aliphatic rings. The number of carbonyl (C=O) groups excluding carboxylic acids is 2. The van der Waals surface area contributed by atoms with Crippen molar-refractivity contribution >= 4 is 11.8 Å². The molecule has 0 saturated carbocycles. The van der Waals surface area contributed by atoms with E-state index in [1.54, 1.807) is 7.11 Å². The molecule has 2 aliphatic heterocycles. The summed E-state index contributed by atoms with van der Waals surface area (Å²) in [6, 6.07) is 17.7. The number of likely N-dealkylation sites (tertiary alicyclic amines) is 2. The lowest BCUT2D eigenvalue weighted by Crippen LogP contribution is -2.43. The number of piperidine rings is 1. The fourth-order valence-electron chi connectivity index (χ4n) is 4.31. The van der Waals surface area contributed by atoms with Crippen LogP contribution in [0.4, 0.5) is 0 Å². The third-order valence-electron chi connectivity index (χ3n) is 5.90. The molecule has 0 aliphatic carbocycles. The minimum absolute atomic E-state index is 0.140. The molecule has 2 amide bonds. The van der Waals surface area contributed by atoms with Gasteiger partial charge in [-0.15, -0.1) is 0 Å². The molecule has 2 fully saturated rings. The minimum Gasteiger partial charge on any atom is -0.497 e. The first-order chi connectivity index (χ1) is 13.6. The number of methoxy groups -OCH3 is 1. The topological polar surface area (TPSA) is 49.9 Å². The van der Waals surface area contributed by atoms with E-state index < -0.39 is 0 Å². The molecule has 0 spiro atoms. The second-order valence-electron chi connectivity index (χ2n) is 7.81. The van der Waals surface area contributed by atoms with E-state index in [1.165, 1.54) is 0 Å². The number of fused-ring (bicyclic) bond motifs is 1. The lowest BCUT2D eigenvalue weighted by molar-refractivity contribution is -0.137. The summed E-state index contributed by atoms with van der Waals surface area (Å²) in [5, 5.41) is 0. The average molecular weight is 378 g/mol. The molecule has 2 aromatic rings. The molecule has 2 aromatic carbocycles. The normalized spacial score (nSPS) is 21.5. The lowest BCUT2D eigenvalue weighted by atomic mass is 9.88. The van der Waals surface area contributed by atoms with Gasteiger partial charge in [-0.2, -0.15) is 0 Å². The van der Waals surface area contributed by atoms with Gasteiger partial charge in [-0.1, -0.05) is 42.5 Å². The summed E-state index contributed by atoms with van der Waals surface area (Å²) in [5.41, 5.74) is 2.14. The highest BCUT2D eigenvalue weighted by Gasteiger charge is 2.41. The van der Waals surface area contributed by atoms with Crippen LogP contribution in [0.15, 0.2) is 54.6 Å². The lowest BCUT2D eigenvalue weighted by Gasteiger charge is -2.34. The van der Waals surface area contributed by atoms with Crippen LogP contribution in [0.25, 0.3) is 0 Å². The summed E-state index contributed by atoms with van der Waals surface area (Å²) < 4.78 is 5.17. The zero-order valence-corrected chi connectivity index (χ0v) is 16.2. The summed E-state index contributed by atoms with van der Waals surface area (Å²) in [6.07, 6.45) is 0.939. The van der Waals surface area contributed by atoms with Crippen molar-refractivity contribution in [2.75, 3.05) is 26.7 Å². The Hall–Kier alpha value is -2.82. The van der Waals surface area contributed by atoms with Crippen LogP contribution in [0.2, 0.25) is 0 Å². The van der Waals surface area contributed by atoms with Gasteiger partial charge in [0, 0.05) is 32.6 Å². The Morgan fingerprint density at radius 1 is 0.964 bits per heavy atom. The van der Waals surface area contributed by atoms with Crippen LogP contribution in [0.3, 0.4) is 0 Å². The van der Waals surface area contributed by atoms with Crippen LogP contribution in [0.1, 0.15) is 17.5 Å². The second-order valence-corrected chi connectivity index (χ2v) is 7.81. The van der Waals surface area contributed by atoms with E-state index in [0.717, 1.165) is 30.0 Å². The van der Waals surface area contributed by atoms with Gasteiger partial charge in [-0.05, 0) is 35.1 Å². The van der Waals surface area contributed by atoms with E-state index in [4.69, 9.17) is 4.74 Å². The zero-order chi connectivity index (χ0) is 19.5. The first-order valence-electron chi connectivity index (χ1n) is 9.85. The first kappa shape index (κ1) is 18.5. The van der Waals surface area contributed by atoms with E-state index in [2.05, 4.69) is 12.1 Å². The molecule has 28 heavy (non-hydrogen) atoms. The van der Waals surface area contributed by atoms with Gasteiger partial charge >= 0.3 is 0 Å². The van der Waals surface area contributed by atoms with Gasteiger partial charge in [-0.25, -0.2) is 0 Å². The van der Waals surface area contributed by atoms with Crippen LogP contribution >= 0.6 is 0 Å². The fraction of sp³-hybridized carbons (Fsp3) is 0.391. The van der Waals surface area contributed by atoms with Gasteiger partial charge in [0.1, 0.15) is 5.75 Å². The highest BCUT2D eigenvalue weighted by Crippen LogP contribution is 2.32. The van der Waals surface area contributed by atoms with Crippen molar-refractivity contribution < 1.29 is 14.3 Å². The van der Waals surface area contributed by atoms with Gasteiger partial charge in [0.05, 0.1) is 13.5 Å². The first-order valence-corrected chi connectivity index (χ1v) is 9.85. The number of hydrogen-bond acceptors (Lipinski definition) is 3. The standard InChI is InChI=1S/C23H26N2O3/c1-28-21-9-7-17(8-10-21)11-22(26)25-14-19-12-23(27)24(15-20(19)16-25)13-18-5-3-2-4-6-18/h2-10,19-20H,11-16H2,1H3/t19-,20+/m0/s1. The maximum Gasteiger partial charge on any atom is 0.227 e. The van der Waals surface area contributed by atoms with E-state index in [-0.39, 0.29) is 11.8 Å². The Bertz CT molecular complexity index is 835. The number of hydrogen-bond donors (Lipinski definition) is 0. The van der Waals surface area contributed by atoms with Crippen molar-refractivity contribution in [3.05, 3.63) is 65.7 Å². The second kappa shape index (κ2) is 8.05. The van der Waals surface area contributed by atoms with Gasteiger partial charge in [0.2, 0.25) is 11.8 Å². The van der Waals surface area contributed by atoms with Crippen molar-refractivity contribution in [1.82, 2.24) is 9.80 Å². The molecule has 0 bridgehead atoms. The third kappa shape index (κ3) is 4.03. The third-order valence-corrected chi connectivity index (χ3v) is 5.90. The Balaban J connectivity index is 1.36. The molecule has 4 rings (SSSR count). The number of rotatable bonds is 5. The van der Waals surface area contributed by atoms with Crippen LogP contribution in [-0.2, 0) is 22.6 Å². The summed E-state index contributed by atoms with van der Waals surface area (Å²) in [7, 11) is 1.63. The quantitative estimate of drug-likeness (QED) is 0.804. The fourth-order valence-corrected chi connectivity index (χ4v) is 4.31. The van der Waals surface area contributed by atoms with Gasteiger partial charge < -0.3 is 14.5 Å².